The summed E-state index contributed by atoms with van der Waals surface area (Å²) in [6.45, 7) is 0. The van der Waals surface area contributed by atoms with Crippen LogP contribution in [0.4, 0.5) is 0 Å². The van der Waals surface area contributed by atoms with Crippen LogP contribution in [0.25, 0.3) is 6.08 Å². The van der Waals surface area contributed by atoms with Crippen molar-refractivity contribution in [2.45, 2.75) is 0 Å². The minimum Gasteiger partial charge on any atom is -0.496 e. The molecule has 1 aromatic heterocycles. The summed E-state index contributed by atoms with van der Waals surface area (Å²) in [5.41, 5.74) is 2.77. The quantitative estimate of drug-likeness (QED) is 0.606. The van der Waals surface area contributed by atoms with Crippen molar-refractivity contribution < 1.29 is 19.0 Å². The van der Waals surface area contributed by atoms with Gasteiger partial charge >= 0.3 is 0 Å². The molecule has 0 bridgehead atoms. The van der Waals surface area contributed by atoms with E-state index >= 15 is 0 Å². The maximum absolute atomic E-state index is 11.9. The number of ether oxygens (including phenoxy) is 3. The van der Waals surface area contributed by atoms with Gasteiger partial charge in [-0.1, -0.05) is 0 Å². The summed E-state index contributed by atoms with van der Waals surface area (Å²) in [6, 6.07) is 3.47. The second kappa shape index (κ2) is 6.90. The van der Waals surface area contributed by atoms with E-state index in [9.17, 15) is 4.79 Å². The molecule has 0 amide bonds. The Hall–Kier alpha value is -2.34. The summed E-state index contributed by atoms with van der Waals surface area (Å²) >= 11 is 1.38. The zero-order valence-electron chi connectivity index (χ0n) is 12.0. The highest BCUT2D eigenvalue weighted by atomic mass is 32.1. The third kappa shape index (κ3) is 3.41. The fourth-order valence-electron chi connectivity index (χ4n) is 1.77. The van der Waals surface area contributed by atoms with Crippen LogP contribution in [0.2, 0.25) is 0 Å². The normalized spacial score (nSPS) is 10.6. The molecule has 0 aliphatic heterocycles. The highest BCUT2D eigenvalue weighted by Gasteiger charge is 2.11. The molecule has 0 radical (unpaired) electrons. The number of thiazole rings is 1. The van der Waals surface area contributed by atoms with Crippen molar-refractivity contribution in [2.75, 3.05) is 21.3 Å². The van der Waals surface area contributed by atoms with E-state index in [0.29, 0.717) is 22.9 Å². The van der Waals surface area contributed by atoms with Gasteiger partial charge in [-0.05, 0) is 18.2 Å². The van der Waals surface area contributed by atoms with Gasteiger partial charge in [-0.2, -0.15) is 0 Å². The first-order valence-electron chi connectivity index (χ1n) is 6.10. The largest absolute Gasteiger partial charge is 0.496 e. The van der Waals surface area contributed by atoms with Crippen molar-refractivity contribution in [3.8, 4) is 17.2 Å². The molecule has 0 aliphatic carbocycles. The number of nitrogens with zero attached hydrogens (tertiary/aromatic N) is 1. The lowest BCUT2D eigenvalue weighted by atomic mass is 10.1. The van der Waals surface area contributed by atoms with Crippen LogP contribution < -0.4 is 14.2 Å². The van der Waals surface area contributed by atoms with Gasteiger partial charge in [0.25, 0.3) is 0 Å². The van der Waals surface area contributed by atoms with E-state index in [1.54, 1.807) is 50.4 Å². The maximum atomic E-state index is 11.9. The third-order valence-corrected chi connectivity index (χ3v) is 3.42. The average molecular weight is 305 g/mol. The fourth-order valence-corrected chi connectivity index (χ4v) is 2.31. The smallest absolute Gasteiger partial charge is 0.205 e. The Kier molecular flexibility index (Phi) is 4.94. The second-order valence-corrected chi connectivity index (χ2v) is 4.74. The van der Waals surface area contributed by atoms with Crippen LogP contribution in [0.1, 0.15) is 16.1 Å². The minimum atomic E-state index is -0.159. The van der Waals surface area contributed by atoms with E-state index in [2.05, 4.69) is 4.98 Å². The summed E-state index contributed by atoms with van der Waals surface area (Å²) in [5, 5.41) is 1.71. The molecule has 5 nitrogen and oxygen atoms in total. The first kappa shape index (κ1) is 15.1. The summed E-state index contributed by atoms with van der Waals surface area (Å²) < 4.78 is 15.8. The topological polar surface area (TPSA) is 57.7 Å². The Bertz CT molecular complexity index is 650. The summed E-state index contributed by atoms with van der Waals surface area (Å²) in [7, 11) is 4.66. The molecule has 2 aromatic rings. The molecule has 21 heavy (non-hydrogen) atoms. The lowest BCUT2D eigenvalue weighted by Crippen LogP contribution is -1.96. The van der Waals surface area contributed by atoms with Gasteiger partial charge < -0.3 is 14.2 Å². The van der Waals surface area contributed by atoms with Gasteiger partial charge in [0.2, 0.25) is 5.78 Å². The first-order valence-corrected chi connectivity index (χ1v) is 7.04. The Morgan fingerprint density at radius 3 is 2.33 bits per heavy atom. The van der Waals surface area contributed by atoms with E-state index < -0.39 is 0 Å². The molecule has 0 atom stereocenters. The Balaban J connectivity index is 2.32. The van der Waals surface area contributed by atoms with Crippen molar-refractivity contribution in [3.05, 3.63) is 40.4 Å². The van der Waals surface area contributed by atoms with Crippen molar-refractivity contribution in [1.82, 2.24) is 4.98 Å². The first-order chi connectivity index (χ1) is 10.2. The summed E-state index contributed by atoms with van der Waals surface area (Å²) in [4.78, 5) is 15.9. The minimum absolute atomic E-state index is 0.159. The number of rotatable bonds is 6. The molecule has 1 aromatic carbocycles. The third-order valence-electron chi connectivity index (χ3n) is 2.83. The Labute approximate surface area is 126 Å². The van der Waals surface area contributed by atoms with Gasteiger partial charge in [-0.3, -0.25) is 4.79 Å². The molecule has 1 heterocycles. The number of methoxy groups -OCH3 is 3. The lowest BCUT2D eigenvalue weighted by Gasteiger charge is -2.11. The predicted octanol–water partition coefficient (Wildman–Crippen LogP) is 3.07. The molecular weight excluding hydrogens is 290 g/mol. The molecular formula is C15H15NO4S. The highest BCUT2D eigenvalue weighted by Crippen LogP contribution is 2.35. The number of allylic oxidation sites excluding steroid dienone is 1. The number of hydrogen-bond donors (Lipinski definition) is 0. The fraction of sp³-hybridized carbons (Fsp3) is 0.200. The molecule has 0 spiro atoms. The van der Waals surface area contributed by atoms with Crippen LogP contribution >= 0.6 is 11.3 Å². The standard InChI is InChI=1S/C15H15NO4S/c1-18-13-7-15(20-3)14(19-2)6-10(13)4-5-12(17)11-8-21-9-16-11/h4-9H,1-3H3. The van der Waals surface area contributed by atoms with Crippen molar-refractivity contribution >= 4 is 23.2 Å². The number of carbonyl (C=O) groups is 1. The molecule has 2 rings (SSSR count). The van der Waals surface area contributed by atoms with Gasteiger partial charge in [-0.25, -0.2) is 4.98 Å². The Morgan fingerprint density at radius 2 is 1.76 bits per heavy atom. The zero-order chi connectivity index (χ0) is 15.2. The number of benzene rings is 1. The van der Waals surface area contributed by atoms with Gasteiger partial charge in [0.05, 0.1) is 26.8 Å². The second-order valence-electron chi connectivity index (χ2n) is 4.02. The molecule has 6 heteroatoms. The van der Waals surface area contributed by atoms with Crippen molar-refractivity contribution in [1.29, 1.82) is 0 Å². The molecule has 0 N–H and O–H groups in total. The molecule has 0 saturated carbocycles. The number of hydrogen-bond acceptors (Lipinski definition) is 6. The van der Waals surface area contributed by atoms with E-state index in [1.165, 1.54) is 17.4 Å². The maximum Gasteiger partial charge on any atom is 0.205 e. The summed E-state index contributed by atoms with van der Waals surface area (Å²) in [5.74, 6) is 1.57. The van der Waals surface area contributed by atoms with Gasteiger partial charge in [0.1, 0.15) is 11.4 Å². The SMILES string of the molecule is COc1cc(OC)c(OC)cc1C=CC(=O)c1cscn1. The van der Waals surface area contributed by atoms with Gasteiger partial charge in [-0.15, -0.1) is 11.3 Å². The van der Waals surface area contributed by atoms with E-state index in [4.69, 9.17) is 14.2 Å². The highest BCUT2D eigenvalue weighted by molar-refractivity contribution is 7.07. The van der Waals surface area contributed by atoms with Crippen LogP contribution in [0, 0.1) is 0 Å². The molecule has 0 fully saturated rings. The van der Waals surface area contributed by atoms with Crippen LogP contribution in [-0.4, -0.2) is 32.1 Å². The Morgan fingerprint density at radius 1 is 1.10 bits per heavy atom. The number of aromatic nitrogens is 1. The van der Waals surface area contributed by atoms with Crippen LogP contribution in [0.15, 0.2) is 29.1 Å². The zero-order valence-corrected chi connectivity index (χ0v) is 12.8. The van der Waals surface area contributed by atoms with Gasteiger partial charge in [0.15, 0.2) is 11.5 Å². The predicted molar refractivity (Wildman–Crippen MR) is 81.6 cm³/mol. The van der Waals surface area contributed by atoms with Gasteiger partial charge in [0, 0.05) is 17.0 Å². The van der Waals surface area contributed by atoms with Crippen molar-refractivity contribution in [3.63, 3.8) is 0 Å². The van der Waals surface area contributed by atoms with Crippen LogP contribution in [0.5, 0.6) is 17.2 Å². The average Bonchev–Trinajstić information content (AvgIpc) is 3.06. The van der Waals surface area contributed by atoms with E-state index in [0.717, 1.165) is 5.56 Å². The molecule has 0 saturated heterocycles. The van der Waals surface area contributed by atoms with Crippen LogP contribution in [-0.2, 0) is 0 Å². The number of ketones is 1. The van der Waals surface area contributed by atoms with E-state index in [1.807, 2.05) is 0 Å². The summed E-state index contributed by atoms with van der Waals surface area (Å²) in [6.07, 6.45) is 3.13. The van der Waals surface area contributed by atoms with Crippen LogP contribution in [0.3, 0.4) is 0 Å². The lowest BCUT2D eigenvalue weighted by molar-refractivity contribution is 0.104. The molecule has 0 aliphatic rings. The monoisotopic (exact) mass is 305 g/mol. The van der Waals surface area contributed by atoms with E-state index in [-0.39, 0.29) is 5.78 Å². The molecule has 110 valence electrons. The molecule has 0 unspecified atom stereocenters. The number of carbonyl (C=O) groups excluding carboxylic acids is 1. The van der Waals surface area contributed by atoms with Crippen molar-refractivity contribution in [2.24, 2.45) is 0 Å².